The highest BCUT2D eigenvalue weighted by Crippen LogP contribution is 2.22. The Morgan fingerprint density at radius 1 is 1.39 bits per heavy atom. The minimum absolute atomic E-state index is 0.160. The minimum Gasteiger partial charge on any atom is -0.366 e. The Labute approximate surface area is 112 Å². The molecule has 4 nitrogen and oxygen atoms in total. The summed E-state index contributed by atoms with van der Waals surface area (Å²) in [4.78, 5) is 23.0. The maximum atomic E-state index is 11.9. The van der Waals surface area contributed by atoms with Crippen molar-refractivity contribution in [2.75, 3.05) is 11.2 Å². The van der Waals surface area contributed by atoms with Crippen LogP contribution in [-0.4, -0.2) is 17.7 Å². The predicted molar refractivity (Wildman–Crippen MR) is 72.8 cm³/mol. The molecule has 0 atom stereocenters. The number of benzene rings is 1. The normalized spacial score (nSPS) is 11.1. The lowest BCUT2D eigenvalue weighted by Crippen LogP contribution is -2.32. The number of halogens is 1. The standard InChI is InChI=1S/C13H17ClN2O2/c1-8-6-9(11(15)17)4-5-10(8)16-12(18)13(2,3)7-14/h4-6H,7H2,1-3H3,(H2,15,17)(H,16,18). The van der Waals surface area contributed by atoms with Crippen molar-refractivity contribution in [3.05, 3.63) is 29.3 Å². The number of carbonyl (C=O) groups is 2. The van der Waals surface area contributed by atoms with Crippen LogP contribution >= 0.6 is 11.6 Å². The molecule has 5 heteroatoms. The number of aryl methyl sites for hydroxylation is 1. The van der Waals surface area contributed by atoms with Crippen molar-refractivity contribution in [3.63, 3.8) is 0 Å². The van der Waals surface area contributed by atoms with Gasteiger partial charge < -0.3 is 11.1 Å². The number of rotatable bonds is 4. The fourth-order valence-electron chi connectivity index (χ4n) is 1.31. The molecule has 3 N–H and O–H groups in total. The number of anilines is 1. The highest BCUT2D eigenvalue weighted by atomic mass is 35.5. The Bertz CT molecular complexity index is 484. The first-order valence-electron chi connectivity index (χ1n) is 5.56. The Morgan fingerprint density at radius 2 is 2.00 bits per heavy atom. The van der Waals surface area contributed by atoms with Crippen molar-refractivity contribution >= 4 is 29.1 Å². The number of primary amides is 1. The predicted octanol–water partition coefficient (Wildman–Crippen LogP) is 2.30. The van der Waals surface area contributed by atoms with Crippen LogP contribution in [0, 0.1) is 12.3 Å². The van der Waals surface area contributed by atoms with Crippen LogP contribution in [0.1, 0.15) is 29.8 Å². The second-order valence-electron chi connectivity index (χ2n) is 4.87. The fourth-order valence-corrected chi connectivity index (χ4v) is 1.43. The topological polar surface area (TPSA) is 72.2 Å². The van der Waals surface area contributed by atoms with E-state index in [1.807, 2.05) is 0 Å². The van der Waals surface area contributed by atoms with Crippen LogP contribution in [-0.2, 0) is 4.79 Å². The Hall–Kier alpha value is -1.55. The van der Waals surface area contributed by atoms with Gasteiger partial charge in [0, 0.05) is 17.1 Å². The van der Waals surface area contributed by atoms with Gasteiger partial charge in [-0.25, -0.2) is 0 Å². The molecule has 2 amide bonds. The summed E-state index contributed by atoms with van der Waals surface area (Å²) in [6.45, 7) is 5.33. The summed E-state index contributed by atoms with van der Waals surface area (Å²) in [7, 11) is 0. The summed E-state index contributed by atoms with van der Waals surface area (Å²) in [5, 5.41) is 2.79. The summed E-state index contributed by atoms with van der Waals surface area (Å²) in [6, 6.07) is 4.89. The molecular formula is C13H17ClN2O2. The van der Waals surface area contributed by atoms with Crippen LogP contribution in [0.4, 0.5) is 5.69 Å². The molecule has 0 bridgehead atoms. The summed E-state index contributed by atoms with van der Waals surface area (Å²) >= 11 is 5.74. The summed E-state index contributed by atoms with van der Waals surface area (Å²) < 4.78 is 0. The van der Waals surface area contributed by atoms with Gasteiger partial charge in [0.25, 0.3) is 0 Å². The molecule has 0 aliphatic rings. The fraction of sp³-hybridized carbons (Fsp3) is 0.385. The van der Waals surface area contributed by atoms with E-state index in [0.717, 1.165) is 5.56 Å². The van der Waals surface area contributed by atoms with Gasteiger partial charge in [0.2, 0.25) is 11.8 Å². The van der Waals surface area contributed by atoms with E-state index in [0.29, 0.717) is 11.3 Å². The van der Waals surface area contributed by atoms with Crippen LogP contribution < -0.4 is 11.1 Å². The van der Waals surface area contributed by atoms with Gasteiger partial charge in [-0.2, -0.15) is 0 Å². The van der Waals surface area contributed by atoms with E-state index in [4.69, 9.17) is 17.3 Å². The molecular weight excluding hydrogens is 252 g/mol. The SMILES string of the molecule is Cc1cc(C(N)=O)ccc1NC(=O)C(C)(C)CCl. The number of nitrogens with one attached hydrogen (secondary N) is 1. The average molecular weight is 269 g/mol. The van der Waals surface area contributed by atoms with Gasteiger partial charge in [0.1, 0.15) is 0 Å². The molecule has 0 radical (unpaired) electrons. The first-order chi connectivity index (χ1) is 8.27. The molecule has 0 saturated carbocycles. The summed E-state index contributed by atoms with van der Waals surface area (Å²) in [5.41, 5.74) is 6.40. The van der Waals surface area contributed by atoms with Crippen molar-refractivity contribution in [2.45, 2.75) is 20.8 Å². The third kappa shape index (κ3) is 3.23. The Morgan fingerprint density at radius 3 is 2.44 bits per heavy atom. The lowest BCUT2D eigenvalue weighted by Gasteiger charge is -2.21. The van der Waals surface area contributed by atoms with Gasteiger partial charge in [0.15, 0.2) is 0 Å². The van der Waals surface area contributed by atoms with Crippen molar-refractivity contribution in [3.8, 4) is 0 Å². The highest BCUT2D eigenvalue weighted by molar-refractivity contribution is 6.20. The second-order valence-corrected chi connectivity index (χ2v) is 5.13. The van der Waals surface area contributed by atoms with Gasteiger partial charge in [-0.3, -0.25) is 9.59 Å². The molecule has 0 unspecified atom stereocenters. The van der Waals surface area contributed by atoms with E-state index >= 15 is 0 Å². The van der Waals surface area contributed by atoms with Crippen LogP contribution in [0.5, 0.6) is 0 Å². The second kappa shape index (κ2) is 5.40. The van der Waals surface area contributed by atoms with Gasteiger partial charge in [-0.1, -0.05) is 0 Å². The number of nitrogens with two attached hydrogens (primary N) is 1. The van der Waals surface area contributed by atoms with E-state index in [-0.39, 0.29) is 11.8 Å². The Balaban J connectivity index is 2.93. The van der Waals surface area contributed by atoms with Gasteiger partial charge in [-0.15, -0.1) is 11.6 Å². The van der Waals surface area contributed by atoms with Crippen molar-refractivity contribution < 1.29 is 9.59 Å². The average Bonchev–Trinajstić information content (AvgIpc) is 2.31. The molecule has 0 spiro atoms. The first kappa shape index (κ1) is 14.5. The molecule has 1 rings (SSSR count). The zero-order valence-electron chi connectivity index (χ0n) is 10.7. The number of amides is 2. The van der Waals surface area contributed by atoms with Crippen LogP contribution in [0.15, 0.2) is 18.2 Å². The van der Waals surface area contributed by atoms with Crippen molar-refractivity contribution in [1.82, 2.24) is 0 Å². The number of hydrogen-bond donors (Lipinski definition) is 2. The maximum absolute atomic E-state index is 11.9. The molecule has 1 aromatic carbocycles. The first-order valence-corrected chi connectivity index (χ1v) is 6.09. The summed E-state index contributed by atoms with van der Waals surface area (Å²) in [5.74, 6) is -0.415. The highest BCUT2D eigenvalue weighted by Gasteiger charge is 2.26. The zero-order valence-corrected chi connectivity index (χ0v) is 11.5. The lowest BCUT2D eigenvalue weighted by molar-refractivity contribution is -0.122. The molecule has 0 aromatic heterocycles. The molecule has 0 saturated heterocycles. The number of carbonyl (C=O) groups excluding carboxylic acids is 2. The van der Waals surface area contributed by atoms with Crippen molar-refractivity contribution in [1.29, 1.82) is 0 Å². The van der Waals surface area contributed by atoms with E-state index in [2.05, 4.69) is 5.32 Å². The molecule has 0 aliphatic heterocycles. The van der Waals surface area contributed by atoms with E-state index < -0.39 is 11.3 Å². The van der Waals surface area contributed by atoms with Crippen molar-refractivity contribution in [2.24, 2.45) is 11.1 Å². The molecule has 1 aromatic rings. The lowest BCUT2D eigenvalue weighted by atomic mass is 9.95. The number of hydrogen-bond acceptors (Lipinski definition) is 2. The van der Waals surface area contributed by atoms with Crippen LogP contribution in [0.3, 0.4) is 0 Å². The molecule has 0 aliphatic carbocycles. The molecule has 0 fully saturated rings. The third-order valence-electron chi connectivity index (χ3n) is 2.71. The molecule has 18 heavy (non-hydrogen) atoms. The minimum atomic E-state index is -0.643. The van der Waals surface area contributed by atoms with E-state index in [9.17, 15) is 9.59 Å². The number of alkyl halides is 1. The zero-order chi connectivity index (χ0) is 13.9. The smallest absolute Gasteiger partial charge is 0.248 e. The Kier molecular flexibility index (Phi) is 4.35. The van der Waals surface area contributed by atoms with Gasteiger partial charge >= 0.3 is 0 Å². The molecule has 0 heterocycles. The van der Waals surface area contributed by atoms with Gasteiger partial charge in [-0.05, 0) is 44.5 Å². The maximum Gasteiger partial charge on any atom is 0.248 e. The summed E-state index contributed by atoms with van der Waals surface area (Å²) in [6.07, 6.45) is 0. The third-order valence-corrected chi connectivity index (χ3v) is 3.38. The van der Waals surface area contributed by atoms with E-state index in [1.165, 1.54) is 0 Å². The monoisotopic (exact) mass is 268 g/mol. The molecule has 98 valence electrons. The van der Waals surface area contributed by atoms with Gasteiger partial charge in [0.05, 0.1) is 5.41 Å². The largest absolute Gasteiger partial charge is 0.366 e. The van der Waals surface area contributed by atoms with Crippen LogP contribution in [0.2, 0.25) is 0 Å². The van der Waals surface area contributed by atoms with E-state index in [1.54, 1.807) is 39.0 Å². The quantitative estimate of drug-likeness (QED) is 0.823. The van der Waals surface area contributed by atoms with Crippen LogP contribution in [0.25, 0.3) is 0 Å².